The lowest BCUT2D eigenvalue weighted by Crippen LogP contribution is -2.37. The Kier molecular flexibility index (Phi) is 5.88. The monoisotopic (exact) mass is 256 g/mol. The van der Waals surface area contributed by atoms with Gasteiger partial charge in [0, 0.05) is 37.4 Å². The fourth-order valence-electron chi connectivity index (χ4n) is 1.78. The summed E-state index contributed by atoms with van der Waals surface area (Å²) >= 11 is 0. The molecule has 0 aliphatic heterocycles. The van der Waals surface area contributed by atoms with E-state index in [9.17, 15) is 4.39 Å². The first kappa shape index (κ1) is 14.7. The molecule has 1 aromatic carbocycles. The molecule has 0 saturated carbocycles. The van der Waals surface area contributed by atoms with Gasteiger partial charge in [-0.05, 0) is 12.1 Å². The molecule has 0 fully saturated rings. The van der Waals surface area contributed by atoms with Crippen LogP contribution in [-0.4, -0.2) is 33.4 Å². The number of rotatable bonds is 7. The van der Waals surface area contributed by atoms with E-state index in [0.717, 1.165) is 5.69 Å². The number of anilines is 1. The molecule has 0 radical (unpaired) electrons. The van der Waals surface area contributed by atoms with Gasteiger partial charge in [0.15, 0.2) is 11.6 Å². The Morgan fingerprint density at radius 2 is 2.11 bits per heavy atom. The lowest BCUT2D eigenvalue weighted by Gasteiger charge is -2.24. The van der Waals surface area contributed by atoms with Gasteiger partial charge in [-0.25, -0.2) is 4.39 Å². The van der Waals surface area contributed by atoms with Crippen molar-refractivity contribution in [2.45, 2.75) is 13.0 Å². The van der Waals surface area contributed by atoms with Gasteiger partial charge in [0.2, 0.25) is 0 Å². The van der Waals surface area contributed by atoms with Gasteiger partial charge in [-0.1, -0.05) is 6.92 Å². The van der Waals surface area contributed by atoms with E-state index in [1.807, 2.05) is 0 Å². The van der Waals surface area contributed by atoms with Crippen LogP contribution in [0.5, 0.6) is 5.75 Å². The molecule has 1 aromatic rings. The first-order chi connectivity index (χ1) is 8.62. The number of benzene rings is 1. The summed E-state index contributed by atoms with van der Waals surface area (Å²) in [5, 5.41) is 3.26. The molecule has 3 N–H and O–H groups in total. The molecule has 0 heterocycles. The average Bonchev–Trinajstić information content (AvgIpc) is 2.37. The van der Waals surface area contributed by atoms with Gasteiger partial charge in [0.05, 0.1) is 13.7 Å². The molecule has 2 unspecified atom stereocenters. The van der Waals surface area contributed by atoms with Gasteiger partial charge >= 0.3 is 0 Å². The van der Waals surface area contributed by atoms with Crippen LogP contribution in [-0.2, 0) is 4.74 Å². The maximum absolute atomic E-state index is 13.3. The fraction of sp³-hybridized carbons (Fsp3) is 0.538. The summed E-state index contributed by atoms with van der Waals surface area (Å²) in [7, 11) is 3.10. The molecule has 0 spiro atoms. The van der Waals surface area contributed by atoms with Crippen LogP contribution in [0, 0.1) is 11.7 Å². The van der Waals surface area contributed by atoms with E-state index in [0.29, 0.717) is 13.2 Å². The Labute approximate surface area is 107 Å². The summed E-state index contributed by atoms with van der Waals surface area (Å²) in [6.45, 7) is 3.15. The lowest BCUT2D eigenvalue weighted by molar-refractivity contribution is 0.151. The van der Waals surface area contributed by atoms with Crippen molar-refractivity contribution in [3.8, 4) is 5.75 Å². The van der Waals surface area contributed by atoms with E-state index in [1.54, 1.807) is 19.2 Å². The summed E-state index contributed by atoms with van der Waals surface area (Å²) in [5.74, 6) is 0.100. The average molecular weight is 256 g/mol. The predicted molar refractivity (Wildman–Crippen MR) is 70.5 cm³/mol. The molecule has 0 amide bonds. The smallest absolute Gasteiger partial charge is 0.165 e. The highest BCUT2D eigenvalue weighted by Gasteiger charge is 2.16. The molecule has 1 rings (SSSR count). The number of nitrogens with one attached hydrogen (secondary N) is 1. The number of hydrogen-bond donors (Lipinski definition) is 2. The molecule has 0 aliphatic carbocycles. The Balaban J connectivity index is 2.75. The molecule has 0 saturated heterocycles. The van der Waals surface area contributed by atoms with Crippen LogP contribution in [0.3, 0.4) is 0 Å². The van der Waals surface area contributed by atoms with E-state index >= 15 is 0 Å². The highest BCUT2D eigenvalue weighted by Crippen LogP contribution is 2.22. The molecule has 0 aromatic heterocycles. The molecule has 18 heavy (non-hydrogen) atoms. The van der Waals surface area contributed by atoms with E-state index in [1.165, 1.54) is 13.2 Å². The zero-order valence-electron chi connectivity index (χ0n) is 11.1. The summed E-state index contributed by atoms with van der Waals surface area (Å²) in [4.78, 5) is 0. The van der Waals surface area contributed by atoms with E-state index in [2.05, 4.69) is 12.2 Å². The van der Waals surface area contributed by atoms with Crippen molar-refractivity contribution in [3.63, 3.8) is 0 Å². The van der Waals surface area contributed by atoms with Crippen LogP contribution in [0.1, 0.15) is 6.92 Å². The Bertz CT molecular complexity index is 374. The predicted octanol–water partition coefficient (Wildman–Crippen LogP) is 1.86. The molecule has 0 bridgehead atoms. The third kappa shape index (κ3) is 3.85. The SMILES string of the molecule is COCC(C)C(CN)Nc1ccc(F)c(OC)c1. The van der Waals surface area contributed by atoms with Gasteiger partial charge < -0.3 is 20.5 Å². The number of methoxy groups -OCH3 is 2. The minimum Gasteiger partial charge on any atom is -0.494 e. The van der Waals surface area contributed by atoms with E-state index in [-0.39, 0.29) is 23.5 Å². The molecular weight excluding hydrogens is 235 g/mol. The quantitative estimate of drug-likeness (QED) is 0.782. The molecule has 102 valence electrons. The number of hydrogen-bond acceptors (Lipinski definition) is 4. The van der Waals surface area contributed by atoms with Crippen LogP contribution >= 0.6 is 0 Å². The topological polar surface area (TPSA) is 56.5 Å². The maximum Gasteiger partial charge on any atom is 0.165 e. The lowest BCUT2D eigenvalue weighted by atomic mass is 10.0. The summed E-state index contributed by atoms with van der Waals surface area (Å²) < 4.78 is 23.3. The second-order valence-electron chi connectivity index (χ2n) is 4.27. The highest BCUT2D eigenvalue weighted by atomic mass is 19.1. The molecular formula is C13H21FN2O2. The van der Waals surface area contributed by atoms with Crippen LogP contribution in [0.25, 0.3) is 0 Å². The standard InChI is InChI=1S/C13H21FN2O2/c1-9(8-17-2)12(7-15)16-10-4-5-11(14)13(6-10)18-3/h4-6,9,12,16H,7-8,15H2,1-3H3. The zero-order valence-corrected chi connectivity index (χ0v) is 11.1. The van der Waals surface area contributed by atoms with Gasteiger partial charge in [-0.15, -0.1) is 0 Å². The Morgan fingerprint density at radius 1 is 1.39 bits per heavy atom. The molecule has 4 nitrogen and oxygen atoms in total. The summed E-state index contributed by atoms with van der Waals surface area (Å²) in [5.41, 5.74) is 6.51. The van der Waals surface area contributed by atoms with Crippen molar-refractivity contribution in [2.24, 2.45) is 11.7 Å². The number of halogens is 1. The van der Waals surface area contributed by atoms with Crippen molar-refractivity contribution in [3.05, 3.63) is 24.0 Å². The van der Waals surface area contributed by atoms with Crippen LogP contribution < -0.4 is 15.8 Å². The summed E-state index contributed by atoms with van der Waals surface area (Å²) in [6.07, 6.45) is 0. The van der Waals surface area contributed by atoms with E-state index in [4.69, 9.17) is 15.2 Å². The Morgan fingerprint density at radius 3 is 2.67 bits per heavy atom. The van der Waals surface area contributed by atoms with Crippen molar-refractivity contribution < 1.29 is 13.9 Å². The van der Waals surface area contributed by atoms with Crippen molar-refractivity contribution in [1.82, 2.24) is 0 Å². The van der Waals surface area contributed by atoms with Crippen LogP contribution in [0.15, 0.2) is 18.2 Å². The molecule has 5 heteroatoms. The van der Waals surface area contributed by atoms with Crippen molar-refractivity contribution in [1.29, 1.82) is 0 Å². The third-order valence-corrected chi connectivity index (χ3v) is 2.87. The van der Waals surface area contributed by atoms with Crippen LogP contribution in [0.4, 0.5) is 10.1 Å². The largest absolute Gasteiger partial charge is 0.494 e. The molecule has 0 aliphatic rings. The van der Waals surface area contributed by atoms with Crippen molar-refractivity contribution >= 4 is 5.69 Å². The first-order valence-corrected chi connectivity index (χ1v) is 5.91. The maximum atomic E-state index is 13.3. The second-order valence-corrected chi connectivity index (χ2v) is 4.27. The normalized spacial score (nSPS) is 14.1. The van der Waals surface area contributed by atoms with Crippen molar-refractivity contribution in [2.75, 3.05) is 32.7 Å². The third-order valence-electron chi connectivity index (χ3n) is 2.87. The van der Waals surface area contributed by atoms with Gasteiger partial charge in [0.25, 0.3) is 0 Å². The van der Waals surface area contributed by atoms with E-state index < -0.39 is 0 Å². The van der Waals surface area contributed by atoms with Gasteiger partial charge in [-0.2, -0.15) is 0 Å². The fourth-order valence-corrected chi connectivity index (χ4v) is 1.78. The highest BCUT2D eigenvalue weighted by molar-refractivity contribution is 5.49. The molecule has 2 atom stereocenters. The number of ether oxygens (including phenoxy) is 2. The minimum absolute atomic E-state index is 0.0696. The van der Waals surface area contributed by atoms with Gasteiger partial charge in [-0.3, -0.25) is 0 Å². The summed E-state index contributed by atoms with van der Waals surface area (Å²) in [6, 6.07) is 4.73. The first-order valence-electron chi connectivity index (χ1n) is 5.91. The number of nitrogens with two attached hydrogens (primary N) is 1. The van der Waals surface area contributed by atoms with Crippen LogP contribution in [0.2, 0.25) is 0 Å². The second kappa shape index (κ2) is 7.18. The Hall–Kier alpha value is -1.33. The zero-order chi connectivity index (χ0) is 13.5. The minimum atomic E-state index is -0.378. The van der Waals surface area contributed by atoms with Gasteiger partial charge in [0.1, 0.15) is 0 Å².